The van der Waals surface area contributed by atoms with Gasteiger partial charge in [-0.3, -0.25) is 4.79 Å². The number of hydrogen-bond acceptors (Lipinski definition) is 3. The van der Waals surface area contributed by atoms with Gasteiger partial charge in [-0.2, -0.15) is 0 Å². The SMILES string of the molecule is CCOCCCCCC(=O)OC1CCCCC1. The zero-order valence-electron chi connectivity index (χ0n) is 11.1. The molecule has 0 saturated heterocycles. The summed E-state index contributed by atoms with van der Waals surface area (Å²) in [6.07, 6.45) is 9.67. The summed E-state index contributed by atoms with van der Waals surface area (Å²) in [5.74, 6) is -0.00619. The molecule has 0 aromatic carbocycles. The summed E-state index contributed by atoms with van der Waals surface area (Å²) in [4.78, 5) is 11.5. The molecule has 0 atom stereocenters. The van der Waals surface area contributed by atoms with Crippen molar-refractivity contribution in [1.82, 2.24) is 0 Å². The molecule has 0 N–H and O–H groups in total. The van der Waals surface area contributed by atoms with Crippen LogP contribution in [-0.2, 0) is 14.3 Å². The predicted octanol–water partition coefficient (Wildman–Crippen LogP) is 3.46. The molecule has 1 fully saturated rings. The summed E-state index contributed by atoms with van der Waals surface area (Å²) < 4.78 is 10.7. The molecule has 0 aromatic heterocycles. The molecule has 0 radical (unpaired) electrons. The molecule has 3 heteroatoms. The van der Waals surface area contributed by atoms with E-state index in [1.54, 1.807) is 0 Å². The molecular weight excluding hydrogens is 216 g/mol. The van der Waals surface area contributed by atoms with Gasteiger partial charge in [-0.15, -0.1) is 0 Å². The quantitative estimate of drug-likeness (QED) is 0.483. The first-order valence-corrected chi connectivity index (χ1v) is 7.10. The molecule has 1 rings (SSSR count). The lowest BCUT2D eigenvalue weighted by molar-refractivity contribution is -0.150. The topological polar surface area (TPSA) is 35.5 Å². The van der Waals surface area contributed by atoms with E-state index in [4.69, 9.17) is 9.47 Å². The molecule has 3 nitrogen and oxygen atoms in total. The van der Waals surface area contributed by atoms with Gasteiger partial charge in [-0.05, 0) is 45.4 Å². The van der Waals surface area contributed by atoms with Crippen LogP contribution in [0.5, 0.6) is 0 Å². The molecule has 1 saturated carbocycles. The molecule has 17 heavy (non-hydrogen) atoms. The van der Waals surface area contributed by atoms with Gasteiger partial charge in [-0.25, -0.2) is 0 Å². The van der Waals surface area contributed by atoms with Crippen LogP contribution in [0.1, 0.15) is 64.7 Å². The van der Waals surface area contributed by atoms with Crippen molar-refractivity contribution >= 4 is 5.97 Å². The number of rotatable bonds is 8. The minimum atomic E-state index is -0.00619. The van der Waals surface area contributed by atoms with Crippen LogP contribution < -0.4 is 0 Å². The molecule has 0 bridgehead atoms. The van der Waals surface area contributed by atoms with Crippen molar-refractivity contribution in [2.45, 2.75) is 70.8 Å². The molecule has 0 aliphatic heterocycles. The average Bonchev–Trinajstić information content (AvgIpc) is 2.35. The van der Waals surface area contributed by atoms with Crippen molar-refractivity contribution < 1.29 is 14.3 Å². The van der Waals surface area contributed by atoms with E-state index in [9.17, 15) is 4.79 Å². The van der Waals surface area contributed by atoms with Crippen molar-refractivity contribution in [3.05, 3.63) is 0 Å². The molecular formula is C14H26O3. The Hall–Kier alpha value is -0.570. The molecule has 0 heterocycles. The Morgan fingerprint density at radius 2 is 1.88 bits per heavy atom. The fraction of sp³-hybridized carbons (Fsp3) is 0.929. The van der Waals surface area contributed by atoms with Crippen LogP contribution in [0.4, 0.5) is 0 Å². The lowest BCUT2D eigenvalue weighted by Crippen LogP contribution is -2.20. The molecule has 0 spiro atoms. The predicted molar refractivity (Wildman–Crippen MR) is 67.9 cm³/mol. The van der Waals surface area contributed by atoms with E-state index in [1.807, 2.05) is 6.92 Å². The summed E-state index contributed by atoms with van der Waals surface area (Å²) in [6.45, 7) is 3.60. The van der Waals surface area contributed by atoms with E-state index < -0.39 is 0 Å². The largest absolute Gasteiger partial charge is 0.462 e. The van der Waals surface area contributed by atoms with Crippen LogP contribution in [0, 0.1) is 0 Å². The normalized spacial score (nSPS) is 17.0. The zero-order valence-corrected chi connectivity index (χ0v) is 11.1. The number of carbonyl (C=O) groups is 1. The number of hydrogen-bond donors (Lipinski definition) is 0. The Morgan fingerprint density at radius 3 is 2.59 bits per heavy atom. The van der Waals surface area contributed by atoms with Crippen LogP contribution in [0.3, 0.4) is 0 Å². The van der Waals surface area contributed by atoms with Gasteiger partial charge in [0.15, 0.2) is 0 Å². The van der Waals surface area contributed by atoms with E-state index in [0.29, 0.717) is 6.42 Å². The lowest BCUT2D eigenvalue weighted by Gasteiger charge is -2.21. The minimum Gasteiger partial charge on any atom is -0.462 e. The molecule has 1 aliphatic rings. The number of ether oxygens (including phenoxy) is 2. The monoisotopic (exact) mass is 242 g/mol. The summed E-state index contributed by atoms with van der Waals surface area (Å²) in [5, 5.41) is 0. The molecule has 100 valence electrons. The van der Waals surface area contributed by atoms with Crippen LogP contribution in [0.25, 0.3) is 0 Å². The number of esters is 1. The first-order valence-electron chi connectivity index (χ1n) is 7.10. The van der Waals surface area contributed by atoms with Gasteiger partial charge in [0.05, 0.1) is 0 Å². The summed E-state index contributed by atoms with van der Waals surface area (Å²) in [6, 6.07) is 0. The van der Waals surface area contributed by atoms with Crippen molar-refractivity contribution in [3.63, 3.8) is 0 Å². The van der Waals surface area contributed by atoms with Gasteiger partial charge in [-0.1, -0.05) is 12.8 Å². The Bertz CT molecular complexity index is 198. The Morgan fingerprint density at radius 1 is 1.12 bits per heavy atom. The maximum atomic E-state index is 11.5. The highest BCUT2D eigenvalue weighted by Gasteiger charge is 2.17. The van der Waals surface area contributed by atoms with E-state index in [1.165, 1.54) is 19.3 Å². The second-order valence-corrected chi connectivity index (χ2v) is 4.76. The standard InChI is InChI=1S/C14H26O3/c1-2-16-12-8-4-7-11-14(15)17-13-9-5-3-6-10-13/h13H,2-12H2,1H3. The van der Waals surface area contributed by atoms with Crippen LogP contribution in [0.2, 0.25) is 0 Å². The second kappa shape index (κ2) is 9.46. The third kappa shape index (κ3) is 7.37. The summed E-state index contributed by atoms with van der Waals surface area (Å²) in [5.41, 5.74) is 0. The minimum absolute atomic E-state index is 0.00619. The first kappa shape index (κ1) is 14.5. The van der Waals surface area contributed by atoms with E-state index in [0.717, 1.165) is 45.3 Å². The maximum absolute atomic E-state index is 11.5. The zero-order chi connectivity index (χ0) is 12.3. The fourth-order valence-corrected chi connectivity index (χ4v) is 2.22. The van der Waals surface area contributed by atoms with Crippen LogP contribution in [0.15, 0.2) is 0 Å². The fourth-order valence-electron chi connectivity index (χ4n) is 2.22. The van der Waals surface area contributed by atoms with E-state index >= 15 is 0 Å². The van der Waals surface area contributed by atoms with Gasteiger partial charge in [0.2, 0.25) is 0 Å². The summed E-state index contributed by atoms with van der Waals surface area (Å²) >= 11 is 0. The Kier molecular flexibility index (Phi) is 8.06. The van der Waals surface area contributed by atoms with Crippen LogP contribution in [-0.4, -0.2) is 25.3 Å². The lowest BCUT2D eigenvalue weighted by atomic mass is 9.98. The van der Waals surface area contributed by atoms with Gasteiger partial charge in [0.1, 0.15) is 6.10 Å². The molecule has 0 aromatic rings. The highest BCUT2D eigenvalue weighted by molar-refractivity contribution is 5.69. The smallest absolute Gasteiger partial charge is 0.306 e. The number of unbranched alkanes of at least 4 members (excludes halogenated alkanes) is 2. The molecule has 0 amide bonds. The van der Waals surface area contributed by atoms with Gasteiger partial charge in [0, 0.05) is 19.6 Å². The van der Waals surface area contributed by atoms with Crippen LogP contribution >= 0.6 is 0 Å². The van der Waals surface area contributed by atoms with E-state index in [2.05, 4.69) is 0 Å². The molecule has 1 aliphatic carbocycles. The van der Waals surface area contributed by atoms with Gasteiger partial charge < -0.3 is 9.47 Å². The highest BCUT2D eigenvalue weighted by Crippen LogP contribution is 2.20. The van der Waals surface area contributed by atoms with Crippen molar-refractivity contribution in [2.24, 2.45) is 0 Å². The Balaban J connectivity index is 1.93. The number of carbonyl (C=O) groups excluding carboxylic acids is 1. The van der Waals surface area contributed by atoms with Gasteiger partial charge in [0.25, 0.3) is 0 Å². The van der Waals surface area contributed by atoms with E-state index in [-0.39, 0.29) is 12.1 Å². The van der Waals surface area contributed by atoms with Crippen molar-refractivity contribution in [2.75, 3.05) is 13.2 Å². The third-order valence-corrected chi connectivity index (χ3v) is 3.22. The third-order valence-electron chi connectivity index (χ3n) is 3.22. The molecule has 0 unspecified atom stereocenters. The van der Waals surface area contributed by atoms with Crippen molar-refractivity contribution in [1.29, 1.82) is 0 Å². The average molecular weight is 242 g/mol. The summed E-state index contributed by atoms with van der Waals surface area (Å²) in [7, 11) is 0. The van der Waals surface area contributed by atoms with Crippen molar-refractivity contribution in [3.8, 4) is 0 Å². The highest BCUT2D eigenvalue weighted by atomic mass is 16.5. The maximum Gasteiger partial charge on any atom is 0.306 e. The van der Waals surface area contributed by atoms with Gasteiger partial charge >= 0.3 is 5.97 Å². The Labute approximate surface area is 105 Å². The second-order valence-electron chi connectivity index (χ2n) is 4.76. The first-order chi connectivity index (χ1) is 8.33.